The van der Waals surface area contributed by atoms with Gasteiger partial charge in [-0.05, 0) is 137 Å². The number of ether oxygens (including phenoxy) is 1. The van der Waals surface area contributed by atoms with Crippen molar-refractivity contribution < 1.29 is 34.5 Å². The molecule has 0 aliphatic heterocycles. The van der Waals surface area contributed by atoms with Gasteiger partial charge < -0.3 is 30.8 Å². The largest absolute Gasteiger partial charge is 0.507 e. The summed E-state index contributed by atoms with van der Waals surface area (Å²) in [6.45, 7) is 1.40. The molecule has 0 unspecified atom stereocenters. The molecule has 0 radical (unpaired) electrons. The fourth-order valence-electron chi connectivity index (χ4n) is 8.82. The number of hydrogen-bond acceptors (Lipinski definition) is 9. The van der Waals surface area contributed by atoms with Crippen molar-refractivity contribution in [2.24, 2.45) is 22.9 Å². The molecule has 4 saturated carbocycles. The Kier molecular flexibility index (Phi) is 14.3. The Labute approximate surface area is 338 Å². The highest BCUT2D eigenvalue weighted by Crippen LogP contribution is 2.62. The molecule has 292 valence electrons. The van der Waals surface area contributed by atoms with Gasteiger partial charge in [-0.15, -0.1) is 0 Å². The van der Waals surface area contributed by atoms with Crippen molar-refractivity contribution in [3.63, 3.8) is 0 Å². The molecule has 0 heterocycles. The number of phenols is 1. The highest BCUT2D eigenvalue weighted by Gasteiger charge is 2.52. The fraction of sp³-hybridized carbons (Fsp3) is 0.429. The van der Waals surface area contributed by atoms with Gasteiger partial charge in [-0.1, -0.05) is 63.1 Å². The summed E-state index contributed by atoms with van der Waals surface area (Å²) in [4.78, 5) is 36.0. The molecule has 10 nitrogen and oxygen atoms in total. The summed E-state index contributed by atoms with van der Waals surface area (Å²) in [5.41, 5.74) is 5.20. The number of amides is 2. The number of phenolic OH excluding ortho intramolecular Hbond substituents is 1. The number of carbonyl (C=O) groups is 3. The Bertz CT molecular complexity index is 1870. The van der Waals surface area contributed by atoms with Crippen LogP contribution < -0.4 is 15.4 Å². The minimum Gasteiger partial charge on any atom is -0.507 e. The summed E-state index contributed by atoms with van der Waals surface area (Å²) >= 11 is 3.24. The molecule has 0 aromatic heterocycles. The van der Waals surface area contributed by atoms with Gasteiger partial charge in [-0.2, -0.15) is 0 Å². The lowest BCUT2D eigenvalue weighted by Crippen LogP contribution is -2.48. The van der Waals surface area contributed by atoms with Crippen LogP contribution in [0, 0.1) is 17.8 Å². The van der Waals surface area contributed by atoms with Crippen molar-refractivity contribution in [3.8, 4) is 22.6 Å². The molecule has 4 aliphatic rings. The van der Waals surface area contributed by atoms with E-state index in [0.717, 1.165) is 57.6 Å². The average molecular weight is 851 g/mol. The second-order valence-corrected chi connectivity index (χ2v) is 18.5. The third kappa shape index (κ3) is 11.1. The number of carboxylic acid groups (broad SMARTS) is 1. The minimum atomic E-state index is -0.965. The third-order valence-corrected chi connectivity index (χ3v) is 13.9. The van der Waals surface area contributed by atoms with E-state index < -0.39 is 11.9 Å². The summed E-state index contributed by atoms with van der Waals surface area (Å²) in [5.74, 6) is 3.34. The number of aromatic hydroxyl groups is 1. The Hall–Kier alpha value is -3.94. The van der Waals surface area contributed by atoms with Crippen molar-refractivity contribution >= 4 is 67.1 Å². The normalized spacial score (nSPS) is 21.5. The van der Waals surface area contributed by atoms with Gasteiger partial charge in [-0.3, -0.25) is 9.59 Å². The zero-order valence-electron chi connectivity index (χ0n) is 30.7. The van der Waals surface area contributed by atoms with Gasteiger partial charge in [0.1, 0.15) is 17.2 Å². The van der Waals surface area contributed by atoms with E-state index in [-0.39, 0.29) is 29.2 Å². The summed E-state index contributed by atoms with van der Waals surface area (Å²) < 4.78 is 6.98. The lowest BCUT2D eigenvalue weighted by Gasteiger charge is -2.57. The standard InChI is InChI=1S/C42H48BrN3O7S2/c43-35-21-28(5-10-37(35)47)22-36(46-52)41(51)45-14-17-55-54-16-13-44-39(48)2-1-15-53-38-11-9-33(32-7-3-27(4-8-32)6-12-40(49)50)23-34(38)42-24-29-18-30(25-42)20-31(19-29)26-42/h3-12,21,23,29-31,47,52H,1-2,13-20,22,24-26H2,(H,44,48)(H,45,51)(H,49,50)/b12-6+,46-36-. The summed E-state index contributed by atoms with van der Waals surface area (Å²) in [6.07, 6.45) is 11.6. The van der Waals surface area contributed by atoms with E-state index in [1.54, 1.807) is 39.8 Å². The molecule has 0 spiro atoms. The zero-order chi connectivity index (χ0) is 38.8. The van der Waals surface area contributed by atoms with Crippen molar-refractivity contribution in [2.75, 3.05) is 31.2 Å². The van der Waals surface area contributed by atoms with Gasteiger partial charge >= 0.3 is 5.97 Å². The Morgan fingerprint density at radius 3 is 2.18 bits per heavy atom. The van der Waals surface area contributed by atoms with Gasteiger partial charge in [0.15, 0.2) is 0 Å². The van der Waals surface area contributed by atoms with Crippen LogP contribution in [-0.2, 0) is 26.2 Å². The summed E-state index contributed by atoms with van der Waals surface area (Å²) in [7, 11) is 3.20. The first kappa shape index (κ1) is 40.7. The molecular weight excluding hydrogens is 803 g/mol. The van der Waals surface area contributed by atoms with Crippen molar-refractivity contribution in [3.05, 3.63) is 87.9 Å². The monoisotopic (exact) mass is 849 g/mol. The molecule has 5 N–H and O–H groups in total. The van der Waals surface area contributed by atoms with E-state index in [1.807, 2.05) is 24.3 Å². The zero-order valence-corrected chi connectivity index (χ0v) is 33.9. The molecule has 7 rings (SSSR count). The highest BCUT2D eigenvalue weighted by molar-refractivity contribution is 9.10. The predicted octanol–water partition coefficient (Wildman–Crippen LogP) is 8.23. The minimum absolute atomic E-state index is 0.00348. The molecular formula is C42H48BrN3O7S2. The summed E-state index contributed by atoms with van der Waals surface area (Å²) in [6, 6.07) is 19.4. The lowest BCUT2D eigenvalue weighted by atomic mass is 9.48. The molecule has 13 heteroatoms. The SMILES string of the molecule is O=C(O)/C=C/c1ccc(-c2ccc(OCCCC(=O)NCCSSCCNC(=O)/C(Cc3ccc(O)c(Br)c3)=N\O)c(C34CC5CC(CC(C5)C3)C4)c2)cc1. The number of oxime groups is 1. The molecule has 3 aromatic rings. The van der Waals surface area contributed by atoms with Gasteiger partial charge in [0, 0.05) is 49.1 Å². The molecule has 0 saturated heterocycles. The number of carbonyl (C=O) groups excluding carboxylic acids is 2. The Morgan fingerprint density at radius 1 is 0.891 bits per heavy atom. The number of carboxylic acids is 1. The van der Waals surface area contributed by atoms with Crippen LogP contribution in [0.4, 0.5) is 0 Å². The second kappa shape index (κ2) is 19.3. The van der Waals surface area contributed by atoms with Crippen LogP contribution >= 0.6 is 37.5 Å². The van der Waals surface area contributed by atoms with Crippen LogP contribution in [0.3, 0.4) is 0 Å². The van der Waals surface area contributed by atoms with Gasteiger partial charge in [-0.25, -0.2) is 4.79 Å². The fourth-order valence-corrected chi connectivity index (χ4v) is 11.1. The number of hydrogen-bond donors (Lipinski definition) is 5. The first-order chi connectivity index (χ1) is 26.6. The lowest BCUT2D eigenvalue weighted by molar-refractivity contribution is -0.131. The topological polar surface area (TPSA) is 158 Å². The maximum Gasteiger partial charge on any atom is 0.328 e. The van der Waals surface area contributed by atoms with Crippen LogP contribution in [0.15, 0.2) is 76.4 Å². The van der Waals surface area contributed by atoms with Gasteiger partial charge in [0.2, 0.25) is 5.91 Å². The first-order valence-electron chi connectivity index (χ1n) is 18.9. The average Bonchev–Trinajstić information content (AvgIpc) is 3.16. The van der Waals surface area contributed by atoms with Crippen LogP contribution in [0.1, 0.15) is 68.1 Å². The first-order valence-corrected chi connectivity index (χ1v) is 22.2. The van der Waals surface area contributed by atoms with E-state index in [0.29, 0.717) is 42.8 Å². The number of halogens is 1. The second-order valence-electron chi connectivity index (χ2n) is 14.9. The van der Waals surface area contributed by atoms with Crippen LogP contribution in [0.5, 0.6) is 11.5 Å². The number of rotatable bonds is 19. The molecule has 4 bridgehead atoms. The third-order valence-electron chi connectivity index (χ3n) is 10.9. The maximum absolute atomic E-state index is 12.6. The van der Waals surface area contributed by atoms with Crippen molar-refractivity contribution in [2.45, 2.75) is 63.2 Å². The molecule has 4 fully saturated rings. The van der Waals surface area contributed by atoms with E-state index in [2.05, 4.69) is 49.9 Å². The van der Waals surface area contributed by atoms with E-state index in [4.69, 9.17) is 9.84 Å². The molecule has 0 atom stereocenters. The predicted molar refractivity (Wildman–Crippen MR) is 223 cm³/mol. The molecule has 3 aromatic carbocycles. The van der Waals surface area contributed by atoms with E-state index >= 15 is 0 Å². The van der Waals surface area contributed by atoms with Crippen LogP contribution in [0.25, 0.3) is 17.2 Å². The van der Waals surface area contributed by atoms with Crippen LogP contribution in [0.2, 0.25) is 0 Å². The van der Waals surface area contributed by atoms with Crippen LogP contribution in [-0.4, -0.2) is 70.1 Å². The molecule has 4 aliphatic carbocycles. The highest BCUT2D eigenvalue weighted by atomic mass is 79.9. The number of aliphatic carboxylic acids is 1. The van der Waals surface area contributed by atoms with Gasteiger partial charge in [0.25, 0.3) is 5.91 Å². The van der Waals surface area contributed by atoms with E-state index in [1.165, 1.54) is 50.2 Å². The number of nitrogens with one attached hydrogen (secondary N) is 2. The summed E-state index contributed by atoms with van der Waals surface area (Å²) in [5, 5.41) is 36.9. The Balaban J connectivity index is 0.921. The number of benzene rings is 3. The van der Waals surface area contributed by atoms with Crippen molar-refractivity contribution in [1.29, 1.82) is 0 Å². The maximum atomic E-state index is 12.6. The van der Waals surface area contributed by atoms with Crippen molar-refractivity contribution in [1.82, 2.24) is 10.6 Å². The Morgan fingerprint density at radius 2 is 1.55 bits per heavy atom. The molecule has 2 amide bonds. The molecule has 55 heavy (non-hydrogen) atoms. The number of nitrogens with zero attached hydrogens (tertiary/aromatic N) is 1. The van der Waals surface area contributed by atoms with E-state index in [9.17, 15) is 24.7 Å². The smallest absolute Gasteiger partial charge is 0.328 e. The quantitative estimate of drug-likeness (QED) is 0.0200. The van der Waals surface area contributed by atoms with Gasteiger partial charge in [0.05, 0.1) is 11.1 Å².